The zero-order valence-electron chi connectivity index (χ0n) is 19.7. The highest BCUT2D eigenvalue weighted by Gasteiger charge is 2.45. The third-order valence-electron chi connectivity index (χ3n) is 6.91. The van der Waals surface area contributed by atoms with Crippen LogP contribution in [0.3, 0.4) is 0 Å². The summed E-state index contributed by atoms with van der Waals surface area (Å²) in [5.74, 6) is -1.33. The van der Waals surface area contributed by atoms with Gasteiger partial charge in [-0.3, -0.25) is 9.78 Å². The smallest absolute Gasteiger partial charge is 0.389 e. The van der Waals surface area contributed by atoms with Gasteiger partial charge in [-0.05, 0) is 68.0 Å². The largest absolute Gasteiger partial charge is 0.417 e. The molecule has 0 radical (unpaired) electrons. The Morgan fingerprint density at radius 2 is 1.75 bits per heavy atom. The highest BCUT2D eigenvalue weighted by Crippen LogP contribution is 2.43. The SMILES string of the molecule is Cc1ccc(-c2cc(C(=O)CCc3ncc(C(F)(F)F)cc3F)cc(C3=NOC4(CCC4)C3)c2)cc1. The number of oxime groups is 1. The van der Waals surface area contributed by atoms with Crippen molar-refractivity contribution < 1.29 is 27.2 Å². The monoisotopic (exact) mass is 496 g/mol. The van der Waals surface area contributed by atoms with E-state index in [2.05, 4.69) is 10.1 Å². The van der Waals surface area contributed by atoms with Crippen molar-refractivity contribution in [2.45, 2.75) is 57.2 Å². The second kappa shape index (κ2) is 9.15. The van der Waals surface area contributed by atoms with Gasteiger partial charge in [-0.1, -0.05) is 35.0 Å². The molecule has 2 aliphatic rings. The minimum absolute atomic E-state index is 0.0982. The Balaban J connectivity index is 1.41. The first-order valence-electron chi connectivity index (χ1n) is 11.8. The van der Waals surface area contributed by atoms with Gasteiger partial charge in [0.05, 0.1) is 17.0 Å². The zero-order valence-corrected chi connectivity index (χ0v) is 19.7. The van der Waals surface area contributed by atoms with E-state index in [0.29, 0.717) is 24.2 Å². The molecular weight excluding hydrogens is 472 g/mol. The van der Waals surface area contributed by atoms with Crippen LogP contribution in [-0.2, 0) is 17.4 Å². The third-order valence-corrected chi connectivity index (χ3v) is 6.91. The molecule has 3 aromatic rings. The molecule has 36 heavy (non-hydrogen) atoms. The summed E-state index contributed by atoms with van der Waals surface area (Å²) in [5.41, 5.74) is 3.32. The molecule has 0 saturated heterocycles. The lowest BCUT2D eigenvalue weighted by Gasteiger charge is -2.34. The molecule has 4 nitrogen and oxygen atoms in total. The molecule has 0 unspecified atom stereocenters. The van der Waals surface area contributed by atoms with E-state index in [9.17, 15) is 22.4 Å². The molecule has 8 heteroatoms. The number of carbonyl (C=O) groups is 1. The predicted octanol–water partition coefficient (Wildman–Crippen LogP) is 7.08. The van der Waals surface area contributed by atoms with Crippen LogP contribution in [-0.4, -0.2) is 22.1 Å². The van der Waals surface area contributed by atoms with Crippen molar-refractivity contribution in [1.82, 2.24) is 4.98 Å². The van der Waals surface area contributed by atoms with E-state index in [0.717, 1.165) is 47.2 Å². The van der Waals surface area contributed by atoms with Crippen molar-refractivity contribution >= 4 is 11.5 Å². The maximum atomic E-state index is 14.2. The van der Waals surface area contributed by atoms with Crippen molar-refractivity contribution in [3.05, 3.63) is 88.5 Å². The van der Waals surface area contributed by atoms with Crippen LogP contribution in [0.5, 0.6) is 0 Å². The normalized spacial score (nSPS) is 16.4. The van der Waals surface area contributed by atoms with E-state index in [4.69, 9.17) is 4.84 Å². The molecule has 0 bridgehead atoms. The second-order valence-corrected chi connectivity index (χ2v) is 9.58. The van der Waals surface area contributed by atoms with Gasteiger partial charge in [-0.25, -0.2) is 4.39 Å². The van der Waals surface area contributed by atoms with Crippen LogP contribution in [0.15, 0.2) is 59.9 Å². The Morgan fingerprint density at radius 1 is 1.03 bits per heavy atom. The number of alkyl halides is 3. The fourth-order valence-corrected chi connectivity index (χ4v) is 4.56. The maximum absolute atomic E-state index is 14.2. The minimum atomic E-state index is -4.68. The Labute approximate surface area is 206 Å². The number of rotatable bonds is 6. The van der Waals surface area contributed by atoms with Crippen LogP contribution < -0.4 is 0 Å². The zero-order chi connectivity index (χ0) is 25.5. The Morgan fingerprint density at radius 3 is 2.36 bits per heavy atom. The number of benzene rings is 2. The van der Waals surface area contributed by atoms with Gasteiger partial charge in [0.2, 0.25) is 0 Å². The number of carbonyl (C=O) groups excluding carboxylic acids is 1. The summed E-state index contributed by atoms with van der Waals surface area (Å²) in [6, 6.07) is 13.9. The summed E-state index contributed by atoms with van der Waals surface area (Å²) >= 11 is 0. The molecule has 1 fully saturated rings. The number of pyridine rings is 1. The quantitative estimate of drug-likeness (QED) is 0.271. The van der Waals surface area contributed by atoms with Crippen molar-refractivity contribution in [2.75, 3.05) is 0 Å². The molecule has 2 aromatic carbocycles. The summed E-state index contributed by atoms with van der Waals surface area (Å²) in [6.45, 7) is 1.99. The number of aryl methyl sites for hydroxylation is 2. The second-order valence-electron chi connectivity index (χ2n) is 9.58. The molecule has 0 N–H and O–H groups in total. The lowest BCUT2D eigenvalue weighted by Crippen LogP contribution is -2.36. The summed E-state index contributed by atoms with van der Waals surface area (Å²) in [7, 11) is 0. The van der Waals surface area contributed by atoms with Gasteiger partial charge in [0, 0.05) is 30.2 Å². The fraction of sp³-hybridized carbons (Fsp3) is 0.321. The van der Waals surface area contributed by atoms with Gasteiger partial charge < -0.3 is 4.84 Å². The molecule has 1 aliphatic heterocycles. The minimum Gasteiger partial charge on any atom is -0.389 e. The van der Waals surface area contributed by atoms with E-state index >= 15 is 0 Å². The van der Waals surface area contributed by atoms with Crippen LogP contribution >= 0.6 is 0 Å². The molecular formula is C28H24F4N2O2. The number of nitrogens with zero attached hydrogens (tertiary/aromatic N) is 2. The van der Waals surface area contributed by atoms with Crippen LogP contribution in [0.25, 0.3) is 11.1 Å². The standard InChI is InChI=1S/C28H24F4N2O2/c1-17-3-5-18(6-4-17)19-11-20(25-15-27(36-34-25)9-2-10-27)13-21(12-19)26(35)8-7-24-23(29)14-22(16-33-24)28(30,31)32/h3-6,11-14,16H,2,7-10,15H2,1H3. The highest BCUT2D eigenvalue weighted by atomic mass is 19.4. The number of aromatic nitrogens is 1. The lowest BCUT2D eigenvalue weighted by atomic mass is 9.76. The number of halogens is 4. The highest BCUT2D eigenvalue weighted by molar-refractivity contribution is 6.06. The Bertz CT molecular complexity index is 1340. The van der Waals surface area contributed by atoms with E-state index < -0.39 is 17.6 Å². The topological polar surface area (TPSA) is 51.5 Å². The van der Waals surface area contributed by atoms with Crippen molar-refractivity contribution in [3.63, 3.8) is 0 Å². The molecule has 5 rings (SSSR count). The summed E-state index contributed by atoms with van der Waals surface area (Å²) in [6.07, 6.45) is -0.611. The summed E-state index contributed by atoms with van der Waals surface area (Å²) in [4.78, 5) is 22.5. The molecule has 186 valence electrons. The van der Waals surface area contributed by atoms with Crippen molar-refractivity contribution in [2.24, 2.45) is 5.16 Å². The molecule has 1 spiro atoms. The number of Topliss-reactive ketones (excluding diaryl/α,β-unsaturated/α-hetero) is 1. The first-order chi connectivity index (χ1) is 17.1. The van der Waals surface area contributed by atoms with Gasteiger partial charge in [0.1, 0.15) is 11.4 Å². The molecule has 2 heterocycles. The predicted molar refractivity (Wildman–Crippen MR) is 127 cm³/mol. The van der Waals surface area contributed by atoms with Crippen LogP contribution in [0.2, 0.25) is 0 Å². The van der Waals surface area contributed by atoms with Crippen LogP contribution in [0.4, 0.5) is 17.6 Å². The Kier molecular flexibility index (Phi) is 6.14. The average Bonchev–Trinajstić information content (AvgIpc) is 3.29. The van der Waals surface area contributed by atoms with E-state index in [1.54, 1.807) is 12.1 Å². The first-order valence-corrected chi connectivity index (χ1v) is 11.8. The van der Waals surface area contributed by atoms with E-state index in [1.165, 1.54) is 0 Å². The number of ketones is 1. The van der Waals surface area contributed by atoms with E-state index in [-0.39, 0.29) is 29.9 Å². The summed E-state index contributed by atoms with van der Waals surface area (Å²) in [5, 5.41) is 4.32. The Hall–Kier alpha value is -3.55. The molecule has 1 aromatic heterocycles. The van der Waals surface area contributed by atoms with Gasteiger partial charge in [-0.2, -0.15) is 13.2 Å². The summed E-state index contributed by atoms with van der Waals surface area (Å²) < 4.78 is 52.6. The average molecular weight is 497 g/mol. The maximum Gasteiger partial charge on any atom is 0.417 e. The molecule has 0 amide bonds. The molecule has 0 atom stereocenters. The van der Waals surface area contributed by atoms with Crippen LogP contribution in [0.1, 0.15) is 64.8 Å². The van der Waals surface area contributed by atoms with Crippen LogP contribution in [0, 0.1) is 12.7 Å². The third kappa shape index (κ3) is 4.90. The fourth-order valence-electron chi connectivity index (χ4n) is 4.56. The van der Waals surface area contributed by atoms with Gasteiger partial charge >= 0.3 is 6.18 Å². The van der Waals surface area contributed by atoms with Gasteiger partial charge in [0.25, 0.3) is 0 Å². The van der Waals surface area contributed by atoms with Crippen molar-refractivity contribution in [3.8, 4) is 11.1 Å². The lowest BCUT2D eigenvalue weighted by molar-refractivity contribution is -0.138. The van der Waals surface area contributed by atoms with Gasteiger partial charge in [0.15, 0.2) is 5.78 Å². The number of hydrogen-bond acceptors (Lipinski definition) is 4. The first kappa shape index (κ1) is 24.2. The number of hydrogen-bond donors (Lipinski definition) is 0. The molecule has 1 aliphatic carbocycles. The van der Waals surface area contributed by atoms with Gasteiger partial charge in [-0.15, -0.1) is 0 Å². The van der Waals surface area contributed by atoms with E-state index in [1.807, 2.05) is 37.3 Å². The van der Waals surface area contributed by atoms with Crippen molar-refractivity contribution in [1.29, 1.82) is 0 Å². The molecule has 1 saturated carbocycles.